The molecule has 0 aromatic carbocycles. The molecule has 0 radical (unpaired) electrons. The minimum Gasteiger partial charge on any atom is -0.353 e. The topological polar surface area (TPSA) is 29.1 Å². The van der Waals surface area contributed by atoms with E-state index in [1.807, 2.05) is 0 Å². The molecule has 5 unspecified atom stereocenters. The molecular formula is C20H36INO. The van der Waals surface area contributed by atoms with E-state index >= 15 is 0 Å². The van der Waals surface area contributed by atoms with Crippen LogP contribution in [0.1, 0.15) is 85.0 Å². The van der Waals surface area contributed by atoms with E-state index in [4.69, 9.17) is 0 Å². The Morgan fingerprint density at radius 3 is 1.91 bits per heavy atom. The Morgan fingerprint density at radius 1 is 0.783 bits per heavy atom. The fourth-order valence-electron chi connectivity index (χ4n) is 4.13. The molecule has 1 N–H and O–H groups in total. The second kappa shape index (κ2) is 9.62. The quantitative estimate of drug-likeness (QED) is 0.337. The van der Waals surface area contributed by atoms with Gasteiger partial charge in [0.2, 0.25) is 5.91 Å². The van der Waals surface area contributed by atoms with Gasteiger partial charge in [-0.05, 0) is 69.1 Å². The van der Waals surface area contributed by atoms with Crippen LogP contribution >= 0.6 is 22.6 Å². The number of rotatable bonds is 2. The van der Waals surface area contributed by atoms with Gasteiger partial charge in [-0.2, -0.15) is 0 Å². The first-order valence-electron chi connectivity index (χ1n) is 9.90. The van der Waals surface area contributed by atoms with E-state index in [9.17, 15) is 4.79 Å². The van der Waals surface area contributed by atoms with Crippen LogP contribution in [0.25, 0.3) is 0 Å². The third-order valence-electron chi connectivity index (χ3n) is 6.26. The van der Waals surface area contributed by atoms with Crippen LogP contribution in [0, 0.1) is 23.7 Å². The lowest BCUT2D eigenvalue weighted by molar-refractivity contribution is -0.126. The van der Waals surface area contributed by atoms with E-state index in [2.05, 4.69) is 48.7 Å². The first-order valence-corrected chi connectivity index (χ1v) is 11.1. The zero-order chi connectivity index (χ0) is 16.8. The molecular weight excluding hydrogens is 397 g/mol. The Kier molecular flexibility index (Phi) is 8.17. The van der Waals surface area contributed by atoms with Crippen molar-refractivity contribution in [3.05, 3.63) is 0 Å². The molecule has 0 bridgehead atoms. The molecule has 2 saturated carbocycles. The largest absolute Gasteiger partial charge is 0.353 e. The van der Waals surface area contributed by atoms with Gasteiger partial charge in [0.1, 0.15) is 0 Å². The Hall–Kier alpha value is 0.200. The van der Waals surface area contributed by atoms with Gasteiger partial charge < -0.3 is 5.32 Å². The lowest BCUT2D eigenvalue weighted by Crippen LogP contribution is -2.39. The third kappa shape index (κ3) is 6.55. The number of alkyl halides is 1. The van der Waals surface area contributed by atoms with Crippen LogP contribution in [0.15, 0.2) is 0 Å². The van der Waals surface area contributed by atoms with Crippen molar-refractivity contribution in [2.45, 2.75) is 94.9 Å². The van der Waals surface area contributed by atoms with Gasteiger partial charge in [0.15, 0.2) is 0 Å². The number of amides is 1. The summed E-state index contributed by atoms with van der Waals surface area (Å²) in [5, 5.41) is 3.44. The summed E-state index contributed by atoms with van der Waals surface area (Å²) in [6.45, 7) is 7.10. The normalized spacial score (nSPS) is 40.3. The van der Waals surface area contributed by atoms with Crippen molar-refractivity contribution < 1.29 is 4.79 Å². The van der Waals surface area contributed by atoms with Gasteiger partial charge >= 0.3 is 0 Å². The van der Waals surface area contributed by atoms with E-state index in [1.54, 1.807) is 0 Å². The third-order valence-corrected chi connectivity index (χ3v) is 8.11. The summed E-state index contributed by atoms with van der Waals surface area (Å²) in [7, 11) is 0. The van der Waals surface area contributed by atoms with Crippen LogP contribution < -0.4 is 5.32 Å². The van der Waals surface area contributed by atoms with E-state index in [0.29, 0.717) is 11.9 Å². The van der Waals surface area contributed by atoms with Crippen LogP contribution in [0.5, 0.6) is 0 Å². The van der Waals surface area contributed by atoms with Crippen LogP contribution in [0.3, 0.4) is 0 Å². The minimum absolute atomic E-state index is 0.264. The zero-order valence-electron chi connectivity index (χ0n) is 15.3. The van der Waals surface area contributed by atoms with Gasteiger partial charge in [0.25, 0.3) is 0 Å². The highest BCUT2D eigenvalue weighted by Gasteiger charge is 2.28. The molecule has 134 valence electrons. The van der Waals surface area contributed by atoms with E-state index < -0.39 is 0 Å². The smallest absolute Gasteiger partial charge is 0.223 e. The van der Waals surface area contributed by atoms with Crippen molar-refractivity contribution in [1.82, 2.24) is 5.32 Å². The molecule has 0 aromatic heterocycles. The maximum absolute atomic E-state index is 12.8. The summed E-state index contributed by atoms with van der Waals surface area (Å²) in [5.74, 6) is 3.01. The van der Waals surface area contributed by atoms with Crippen molar-refractivity contribution in [3.63, 3.8) is 0 Å². The van der Waals surface area contributed by atoms with Gasteiger partial charge in [-0.1, -0.05) is 56.2 Å². The summed E-state index contributed by atoms with van der Waals surface area (Å²) in [4.78, 5) is 12.8. The highest BCUT2D eigenvalue weighted by atomic mass is 127. The van der Waals surface area contributed by atoms with Gasteiger partial charge in [0, 0.05) is 15.9 Å². The first kappa shape index (κ1) is 19.5. The Morgan fingerprint density at radius 2 is 1.30 bits per heavy atom. The lowest BCUT2D eigenvalue weighted by atomic mass is 9.95. The molecule has 0 aromatic rings. The molecule has 23 heavy (non-hydrogen) atoms. The number of nitrogens with one attached hydrogen (secondary N) is 1. The Labute approximate surface area is 157 Å². The van der Waals surface area contributed by atoms with Crippen LogP contribution in [-0.2, 0) is 4.79 Å². The molecule has 5 atom stereocenters. The summed E-state index contributed by atoms with van der Waals surface area (Å²) >= 11 is 2.58. The SMILES string of the molecule is CC1CCC(C)CCC(NC(=O)C2CCC(C)C(I)CC2)CC1. The predicted octanol–water partition coefficient (Wildman–Crippen LogP) is 5.73. The fourth-order valence-corrected chi connectivity index (χ4v) is 4.85. The summed E-state index contributed by atoms with van der Waals surface area (Å²) < 4.78 is 0.747. The molecule has 2 rings (SSSR count). The second-order valence-electron chi connectivity index (χ2n) is 8.49. The second-order valence-corrected chi connectivity index (χ2v) is 10.1. The molecule has 2 fully saturated rings. The number of halogens is 1. The minimum atomic E-state index is 0.264. The monoisotopic (exact) mass is 433 g/mol. The Balaban J connectivity index is 1.86. The van der Waals surface area contributed by atoms with Gasteiger partial charge in [-0.25, -0.2) is 0 Å². The van der Waals surface area contributed by atoms with E-state index in [-0.39, 0.29) is 5.92 Å². The van der Waals surface area contributed by atoms with Crippen molar-refractivity contribution in [2.24, 2.45) is 23.7 Å². The van der Waals surface area contributed by atoms with Crippen molar-refractivity contribution >= 4 is 28.5 Å². The molecule has 3 heteroatoms. The molecule has 0 saturated heterocycles. The standard InChI is InChI=1S/C20H36INO/c1-14-4-5-15(2)7-12-18(11-6-14)22-20(23)17-9-8-16(3)19(21)13-10-17/h14-19H,4-13H2,1-3H3,(H,22,23). The van der Waals surface area contributed by atoms with Crippen LogP contribution in [-0.4, -0.2) is 15.9 Å². The highest BCUT2D eigenvalue weighted by Crippen LogP contribution is 2.32. The van der Waals surface area contributed by atoms with Crippen molar-refractivity contribution in [3.8, 4) is 0 Å². The lowest BCUT2D eigenvalue weighted by Gasteiger charge is -2.23. The highest BCUT2D eigenvalue weighted by molar-refractivity contribution is 14.1. The maximum Gasteiger partial charge on any atom is 0.223 e. The molecule has 0 aliphatic heterocycles. The zero-order valence-corrected chi connectivity index (χ0v) is 17.5. The molecule has 2 aliphatic rings. The molecule has 2 nitrogen and oxygen atoms in total. The molecule has 0 spiro atoms. The van der Waals surface area contributed by atoms with E-state index in [1.165, 1.54) is 51.4 Å². The molecule has 1 amide bonds. The maximum atomic E-state index is 12.8. The number of hydrogen-bond donors (Lipinski definition) is 1. The van der Waals surface area contributed by atoms with Crippen molar-refractivity contribution in [1.29, 1.82) is 0 Å². The summed E-state index contributed by atoms with van der Waals surface area (Å²) in [5.41, 5.74) is 0. The molecule has 2 aliphatic carbocycles. The van der Waals surface area contributed by atoms with Crippen LogP contribution in [0.2, 0.25) is 0 Å². The Bertz CT molecular complexity index is 347. The van der Waals surface area contributed by atoms with Gasteiger partial charge in [-0.15, -0.1) is 0 Å². The first-order chi connectivity index (χ1) is 11.0. The number of carbonyl (C=O) groups is 1. The fraction of sp³-hybridized carbons (Fsp3) is 0.950. The predicted molar refractivity (Wildman–Crippen MR) is 107 cm³/mol. The average Bonchev–Trinajstić information content (AvgIpc) is 2.64. The van der Waals surface area contributed by atoms with Gasteiger partial charge in [0.05, 0.1) is 0 Å². The summed E-state index contributed by atoms with van der Waals surface area (Å²) in [6, 6.07) is 0.418. The van der Waals surface area contributed by atoms with Crippen LogP contribution in [0.4, 0.5) is 0 Å². The average molecular weight is 433 g/mol. The summed E-state index contributed by atoms with van der Waals surface area (Å²) in [6.07, 6.45) is 12.2. The molecule has 0 heterocycles. The number of carbonyl (C=O) groups excluding carboxylic acids is 1. The van der Waals surface area contributed by atoms with E-state index in [0.717, 1.165) is 34.5 Å². The number of hydrogen-bond acceptors (Lipinski definition) is 1. The van der Waals surface area contributed by atoms with Crippen molar-refractivity contribution in [2.75, 3.05) is 0 Å². The van der Waals surface area contributed by atoms with Gasteiger partial charge in [-0.3, -0.25) is 4.79 Å².